The minimum atomic E-state index is 0.0391. The van der Waals surface area contributed by atoms with E-state index in [0.29, 0.717) is 43.4 Å². The molecule has 7 heteroatoms. The number of rotatable bonds is 3. The van der Waals surface area contributed by atoms with E-state index in [1.54, 1.807) is 18.2 Å². The van der Waals surface area contributed by atoms with Crippen LogP contribution >= 0.6 is 0 Å². The van der Waals surface area contributed by atoms with Crippen molar-refractivity contribution in [3.63, 3.8) is 0 Å². The Labute approximate surface area is 163 Å². The molecular formula is C21H22N2O5. The highest BCUT2D eigenvalue weighted by molar-refractivity contribution is 5.95. The number of benzene rings is 2. The number of amides is 1. The number of fused-ring (bicyclic) bond motifs is 2. The fourth-order valence-electron chi connectivity index (χ4n) is 3.77. The molecule has 5 rings (SSSR count). The number of carbonyl (C=O) groups excluding carboxylic acids is 1. The average molecular weight is 382 g/mol. The van der Waals surface area contributed by atoms with Gasteiger partial charge in [0.15, 0.2) is 23.0 Å². The van der Waals surface area contributed by atoms with Crippen LogP contribution in [0.4, 0.5) is 0 Å². The first-order valence-electron chi connectivity index (χ1n) is 9.56. The molecule has 3 aliphatic heterocycles. The minimum Gasteiger partial charge on any atom is -0.486 e. The van der Waals surface area contributed by atoms with Gasteiger partial charge in [-0.05, 0) is 35.9 Å². The number of nitrogens with zero attached hydrogens (tertiary/aromatic N) is 2. The molecule has 3 aliphatic rings. The van der Waals surface area contributed by atoms with Crippen LogP contribution < -0.4 is 18.9 Å². The lowest BCUT2D eigenvalue weighted by Gasteiger charge is -2.35. The lowest BCUT2D eigenvalue weighted by molar-refractivity contribution is 0.0628. The molecular weight excluding hydrogens is 360 g/mol. The summed E-state index contributed by atoms with van der Waals surface area (Å²) in [5.41, 5.74) is 1.84. The van der Waals surface area contributed by atoms with Gasteiger partial charge in [-0.1, -0.05) is 6.07 Å². The standard InChI is InChI=1S/C21H22N2O5/c24-21(16-2-4-18-20(12-16)28-14-27-18)23-7-5-22(6-8-23)13-15-1-3-17-19(11-15)26-10-9-25-17/h1-4,11-12H,5-10,13-14H2. The Balaban J connectivity index is 1.19. The van der Waals surface area contributed by atoms with E-state index in [1.807, 2.05) is 11.0 Å². The second kappa shape index (κ2) is 7.24. The molecule has 1 amide bonds. The summed E-state index contributed by atoms with van der Waals surface area (Å²) in [6.07, 6.45) is 0. The molecule has 0 saturated carbocycles. The highest BCUT2D eigenvalue weighted by Gasteiger charge is 2.24. The van der Waals surface area contributed by atoms with Crippen LogP contribution in [0.3, 0.4) is 0 Å². The lowest BCUT2D eigenvalue weighted by atomic mass is 10.1. The third kappa shape index (κ3) is 3.33. The van der Waals surface area contributed by atoms with Gasteiger partial charge in [0, 0.05) is 38.3 Å². The van der Waals surface area contributed by atoms with Gasteiger partial charge in [0.05, 0.1) is 0 Å². The second-order valence-electron chi connectivity index (χ2n) is 7.11. The summed E-state index contributed by atoms with van der Waals surface area (Å²) in [6.45, 7) is 5.34. The van der Waals surface area contributed by atoms with Gasteiger partial charge in [-0.25, -0.2) is 0 Å². The van der Waals surface area contributed by atoms with E-state index in [-0.39, 0.29) is 12.7 Å². The van der Waals surface area contributed by atoms with E-state index >= 15 is 0 Å². The zero-order chi connectivity index (χ0) is 18.9. The predicted molar refractivity (Wildman–Crippen MR) is 101 cm³/mol. The van der Waals surface area contributed by atoms with Crippen LogP contribution in [0, 0.1) is 0 Å². The van der Waals surface area contributed by atoms with E-state index in [1.165, 1.54) is 5.56 Å². The quantitative estimate of drug-likeness (QED) is 0.811. The van der Waals surface area contributed by atoms with E-state index < -0.39 is 0 Å². The molecule has 0 aromatic heterocycles. The topological polar surface area (TPSA) is 60.5 Å². The van der Waals surface area contributed by atoms with Crippen molar-refractivity contribution in [2.45, 2.75) is 6.54 Å². The SMILES string of the molecule is O=C(c1ccc2c(c1)OCO2)N1CCN(Cc2ccc3c(c2)OCCO3)CC1. The zero-order valence-corrected chi connectivity index (χ0v) is 15.6. The zero-order valence-electron chi connectivity index (χ0n) is 15.6. The molecule has 2 aromatic carbocycles. The van der Waals surface area contributed by atoms with Gasteiger partial charge >= 0.3 is 0 Å². The first-order valence-corrected chi connectivity index (χ1v) is 9.56. The van der Waals surface area contributed by atoms with Crippen LogP contribution in [0.25, 0.3) is 0 Å². The van der Waals surface area contributed by atoms with Crippen molar-refractivity contribution in [1.29, 1.82) is 0 Å². The smallest absolute Gasteiger partial charge is 0.254 e. The Hall–Kier alpha value is -2.93. The summed E-state index contributed by atoms with van der Waals surface area (Å²) >= 11 is 0. The van der Waals surface area contributed by atoms with Crippen molar-refractivity contribution in [3.05, 3.63) is 47.5 Å². The van der Waals surface area contributed by atoms with Gasteiger partial charge in [-0.2, -0.15) is 0 Å². The van der Waals surface area contributed by atoms with Crippen LogP contribution in [0.2, 0.25) is 0 Å². The number of carbonyl (C=O) groups is 1. The molecule has 0 bridgehead atoms. The largest absolute Gasteiger partial charge is 0.486 e. The Morgan fingerprint density at radius 2 is 1.46 bits per heavy atom. The molecule has 0 unspecified atom stereocenters. The second-order valence-corrected chi connectivity index (χ2v) is 7.11. The minimum absolute atomic E-state index is 0.0391. The van der Waals surface area contributed by atoms with Gasteiger partial charge in [0.1, 0.15) is 13.2 Å². The van der Waals surface area contributed by atoms with Gasteiger partial charge in [-0.15, -0.1) is 0 Å². The fraction of sp³-hybridized carbons (Fsp3) is 0.381. The van der Waals surface area contributed by atoms with Crippen molar-refractivity contribution in [2.75, 3.05) is 46.2 Å². The maximum Gasteiger partial charge on any atom is 0.254 e. The van der Waals surface area contributed by atoms with Crippen LogP contribution in [0.15, 0.2) is 36.4 Å². The molecule has 146 valence electrons. The predicted octanol–water partition coefficient (Wildman–Crippen LogP) is 2.14. The molecule has 0 aliphatic carbocycles. The van der Waals surface area contributed by atoms with Crippen molar-refractivity contribution < 1.29 is 23.7 Å². The molecule has 0 spiro atoms. The Kier molecular flexibility index (Phi) is 4.44. The average Bonchev–Trinajstić information content (AvgIpc) is 3.21. The molecule has 2 aromatic rings. The highest BCUT2D eigenvalue weighted by atomic mass is 16.7. The van der Waals surface area contributed by atoms with Gasteiger partial charge in [-0.3, -0.25) is 9.69 Å². The third-order valence-corrected chi connectivity index (χ3v) is 5.29. The molecule has 1 fully saturated rings. The molecule has 0 atom stereocenters. The summed E-state index contributed by atoms with van der Waals surface area (Å²) in [5, 5.41) is 0. The Morgan fingerprint density at radius 1 is 0.786 bits per heavy atom. The Morgan fingerprint density at radius 3 is 2.32 bits per heavy atom. The van der Waals surface area contributed by atoms with E-state index in [9.17, 15) is 4.79 Å². The summed E-state index contributed by atoms with van der Waals surface area (Å²) in [5.74, 6) is 3.01. The summed E-state index contributed by atoms with van der Waals surface area (Å²) < 4.78 is 21.9. The Bertz CT molecular complexity index is 892. The molecule has 0 radical (unpaired) electrons. The molecule has 7 nitrogen and oxygen atoms in total. The van der Waals surface area contributed by atoms with Crippen LogP contribution in [-0.4, -0.2) is 61.9 Å². The van der Waals surface area contributed by atoms with Gasteiger partial charge < -0.3 is 23.8 Å². The summed E-state index contributed by atoms with van der Waals surface area (Å²) in [7, 11) is 0. The normalized spacial score (nSPS) is 18.2. The number of hydrogen-bond acceptors (Lipinski definition) is 6. The van der Waals surface area contributed by atoms with Gasteiger partial charge in [0.25, 0.3) is 5.91 Å². The lowest BCUT2D eigenvalue weighted by Crippen LogP contribution is -2.48. The van der Waals surface area contributed by atoms with Crippen molar-refractivity contribution >= 4 is 5.91 Å². The van der Waals surface area contributed by atoms with Crippen molar-refractivity contribution in [3.8, 4) is 23.0 Å². The van der Waals surface area contributed by atoms with Crippen LogP contribution in [0.5, 0.6) is 23.0 Å². The van der Waals surface area contributed by atoms with Crippen molar-refractivity contribution in [1.82, 2.24) is 9.80 Å². The number of hydrogen-bond donors (Lipinski definition) is 0. The van der Waals surface area contributed by atoms with E-state index in [4.69, 9.17) is 18.9 Å². The monoisotopic (exact) mass is 382 g/mol. The fourth-order valence-corrected chi connectivity index (χ4v) is 3.77. The summed E-state index contributed by atoms with van der Waals surface area (Å²) in [6, 6.07) is 11.5. The van der Waals surface area contributed by atoms with Crippen LogP contribution in [-0.2, 0) is 6.54 Å². The van der Waals surface area contributed by atoms with Gasteiger partial charge in [0.2, 0.25) is 6.79 Å². The molecule has 0 N–H and O–H groups in total. The first kappa shape index (κ1) is 17.2. The molecule has 1 saturated heterocycles. The highest BCUT2D eigenvalue weighted by Crippen LogP contribution is 2.33. The van der Waals surface area contributed by atoms with E-state index in [2.05, 4.69) is 17.0 Å². The van der Waals surface area contributed by atoms with Crippen LogP contribution in [0.1, 0.15) is 15.9 Å². The molecule has 28 heavy (non-hydrogen) atoms. The molecule has 3 heterocycles. The maximum atomic E-state index is 12.8. The summed E-state index contributed by atoms with van der Waals surface area (Å²) in [4.78, 5) is 17.1. The van der Waals surface area contributed by atoms with Crippen molar-refractivity contribution in [2.24, 2.45) is 0 Å². The first-order chi connectivity index (χ1) is 13.8. The number of ether oxygens (including phenoxy) is 4. The van der Waals surface area contributed by atoms with E-state index in [0.717, 1.165) is 31.1 Å². The third-order valence-electron chi connectivity index (χ3n) is 5.29. The maximum absolute atomic E-state index is 12.8. The number of piperazine rings is 1.